The largest absolute Gasteiger partial charge is 0.396 e. The normalized spacial score (nSPS) is 37.1. The first-order chi connectivity index (χ1) is 17.8. The van der Waals surface area contributed by atoms with Gasteiger partial charge in [-0.15, -0.1) is 0 Å². The molecule has 0 spiro atoms. The number of carbonyl (C=O) groups is 2. The van der Waals surface area contributed by atoms with Crippen molar-refractivity contribution in [2.75, 3.05) is 6.61 Å². The van der Waals surface area contributed by atoms with Gasteiger partial charge in [-0.25, -0.2) is 0 Å². The first-order valence-corrected chi connectivity index (χ1v) is 15.3. The van der Waals surface area contributed by atoms with Crippen LogP contribution >= 0.6 is 0 Å². The summed E-state index contributed by atoms with van der Waals surface area (Å²) in [5, 5.41) is 19.6. The highest BCUT2D eigenvalue weighted by Crippen LogP contribution is 2.67. The Morgan fingerprint density at radius 2 is 1.77 bits per heavy atom. The molecule has 0 aromatic heterocycles. The van der Waals surface area contributed by atoms with Crippen molar-refractivity contribution >= 4 is 11.6 Å². The molecule has 39 heavy (non-hydrogen) atoms. The van der Waals surface area contributed by atoms with E-state index in [2.05, 4.69) is 54.5 Å². The Kier molecular flexibility index (Phi) is 8.63. The second-order valence-electron chi connectivity index (χ2n) is 15.9. The van der Waals surface area contributed by atoms with Gasteiger partial charge in [-0.2, -0.15) is 5.26 Å². The van der Waals surface area contributed by atoms with Crippen LogP contribution in [0.15, 0.2) is 23.3 Å². The van der Waals surface area contributed by atoms with Gasteiger partial charge in [-0.3, -0.25) is 9.59 Å². The summed E-state index contributed by atoms with van der Waals surface area (Å²) in [6.07, 6.45) is 13.3. The molecule has 0 aliphatic heterocycles. The van der Waals surface area contributed by atoms with Crippen LogP contribution in [0.3, 0.4) is 0 Å². The predicted molar refractivity (Wildman–Crippen MR) is 159 cm³/mol. The number of ketones is 2. The Balaban J connectivity index is 2.05. The van der Waals surface area contributed by atoms with Gasteiger partial charge in [0.05, 0.1) is 5.57 Å². The van der Waals surface area contributed by atoms with E-state index in [-0.39, 0.29) is 45.9 Å². The summed E-state index contributed by atoms with van der Waals surface area (Å²) in [5.74, 6) is 0.597. The minimum atomic E-state index is -0.658. The summed E-state index contributed by atoms with van der Waals surface area (Å²) >= 11 is 0. The van der Waals surface area contributed by atoms with Crippen LogP contribution in [0.4, 0.5) is 0 Å². The molecule has 5 atom stereocenters. The summed E-state index contributed by atoms with van der Waals surface area (Å²) in [6, 6.07) is 2.19. The molecule has 0 saturated heterocycles. The van der Waals surface area contributed by atoms with Gasteiger partial charge in [0.15, 0.2) is 11.6 Å². The first-order valence-electron chi connectivity index (χ1n) is 15.3. The van der Waals surface area contributed by atoms with Gasteiger partial charge in [-0.1, -0.05) is 74.0 Å². The Bertz CT molecular complexity index is 1090. The lowest BCUT2D eigenvalue weighted by molar-refractivity contribution is -0.131. The van der Waals surface area contributed by atoms with Crippen molar-refractivity contribution in [3.63, 3.8) is 0 Å². The number of rotatable bonds is 8. The van der Waals surface area contributed by atoms with E-state index in [0.29, 0.717) is 11.3 Å². The lowest BCUT2D eigenvalue weighted by atomic mass is 9.42. The maximum atomic E-state index is 13.2. The van der Waals surface area contributed by atoms with Crippen molar-refractivity contribution in [1.82, 2.24) is 0 Å². The zero-order valence-electron chi connectivity index (χ0n) is 26.6. The molecule has 0 bridgehead atoms. The molecule has 4 heteroatoms. The second-order valence-corrected chi connectivity index (χ2v) is 15.9. The van der Waals surface area contributed by atoms with E-state index in [1.54, 1.807) is 6.92 Å². The van der Waals surface area contributed by atoms with Gasteiger partial charge in [-0.05, 0) is 104 Å². The minimum absolute atomic E-state index is 0.0260. The molecule has 2 saturated carbocycles. The van der Waals surface area contributed by atoms with Gasteiger partial charge in [0, 0.05) is 17.4 Å². The molecule has 0 radical (unpaired) electrons. The third-order valence-corrected chi connectivity index (χ3v) is 12.2. The summed E-state index contributed by atoms with van der Waals surface area (Å²) in [4.78, 5) is 26.0. The first kappa shape index (κ1) is 31.8. The third-order valence-electron chi connectivity index (χ3n) is 12.2. The van der Waals surface area contributed by atoms with Crippen LogP contribution in [0.1, 0.15) is 127 Å². The monoisotopic (exact) mass is 537 g/mol. The van der Waals surface area contributed by atoms with E-state index in [0.717, 1.165) is 44.1 Å². The number of hydrogen-bond donors (Lipinski definition) is 1. The standard InChI is InChI=1S/C35H55NO3/c1-24-21-30(3,4)15-17-35(24,13-11-19-37)18-16-31(5,6)34(10)14-12-27-32(7,8)29(39)26(23-36)22-33(27,9)28(34)20-25(2)38/h20,22,24,27,37H,11-19,21H2,1-10H3/b28-20-/t24?,27-,33-,34+,35+/m0/s1. The third kappa shape index (κ3) is 5.47. The Labute approximate surface area is 238 Å². The lowest BCUT2D eigenvalue weighted by Gasteiger charge is -2.61. The molecule has 0 heterocycles. The van der Waals surface area contributed by atoms with E-state index < -0.39 is 10.8 Å². The molecule has 3 aliphatic rings. The minimum Gasteiger partial charge on any atom is -0.396 e. The molecular formula is C35H55NO3. The molecule has 4 nitrogen and oxygen atoms in total. The van der Waals surface area contributed by atoms with Gasteiger partial charge in [0.1, 0.15) is 6.07 Å². The molecule has 0 aromatic rings. The van der Waals surface area contributed by atoms with Gasteiger partial charge >= 0.3 is 0 Å². The van der Waals surface area contributed by atoms with Gasteiger partial charge in [0.2, 0.25) is 0 Å². The highest BCUT2D eigenvalue weighted by Gasteiger charge is 2.61. The zero-order valence-corrected chi connectivity index (χ0v) is 26.6. The fourth-order valence-electron chi connectivity index (χ4n) is 9.23. The molecule has 2 fully saturated rings. The molecule has 1 unspecified atom stereocenters. The number of carbonyl (C=O) groups excluding carboxylic acids is 2. The number of allylic oxidation sites excluding steroid dienone is 4. The average Bonchev–Trinajstić information content (AvgIpc) is 2.82. The number of hydrogen-bond acceptors (Lipinski definition) is 4. The predicted octanol–water partition coefficient (Wildman–Crippen LogP) is 8.39. The van der Waals surface area contributed by atoms with Crippen molar-refractivity contribution < 1.29 is 14.7 Å². The number of nitrogens with zero attached hydrogens (tertiary/aromatic N) is 1. The van der Waals surface area contributed by atoms with Crippen LogP contribution in [0.5, 0.6) is 0 Å². The number of fused-ring (bicyclic) bond motifs is 1. The van der Waals surface area contributed by atoms with Crippen molar-refractivity contribution in [2.24, 2.45) is 44.3 Å². The average molecular weight is 538 g/mol. The molecule has 3 rings (SSSR count). The van der Waals surface area contributed by atoms with Crippen LogP contribution in [0, 0.1) is 55.7 Å². The topological polar surface area (TPSA) is 78.2 Å². The summed E-state index contributed by atoms with van der Waals surface area (Å²) in [6.45, 7) is 22.3. The zero-order chi connectivity index (χ0) is 29.7. The van der Waals surface area contributed by atoms with Crippen LogP contribution in [-0.2, 0) is 9.59 Å². The van der Waals surface area contributed by atoms with E-state index in [1.165, 1.54) is 19.3 Å². The number of aliphatic hydroxyl groups is 1. The van der Waals surface area contributed by atoms with E-state index in [4.69, 9.17) is 0 Å². The summed E-state index contributed by atoms with van der Waals surface area (Å²) in [7, 11) is 0. The van der Waals surface area contributed by atoms with E-state index in [1.807, 2.05) is 26.0 Å². The summed E-state index contributed by atoms with van der Waals surface area (Å²) < 4.78 is 0. The Hall–Kier alpha value is -1.73. The van der Waals surface area contributed by atoms with Crippen LogP contribution in [0.2, 0.25) is 0 Å². The van der Waals surface area contributed by atoms with Gasteiger partial charge in [0.25, 0.3) is 0 Å². The quantitative estimate of drug-likeness (QED) is 0.315. The Morgan fingerprint density at radius 1 is 1.13 bits per heavy atom. The lowest BCUT2D eigenvalue weighted by Crippen LogP contribution is -2.55. The van der Waals surface area contributed by atoms with E-state index >= 15 is 0 Å². The van der Waals surface area contributed by atoms with Crippen LogP contribution < -0.4 is 0 Å². The molecule has 1 N–H and O–H groups in total. The maximum absolute atomic E-state index is 13.2. The van der Waals surface area contributed by atoms with Crippen molar-refractivity contribution in [2.45, 2.75) is 127 Å². The molecule has 0 amide bonds. The second kappa shape index (κ2) is 10.6. The van der Waals surface area contributed by atoms with E-state index in [9.17, 15) is 20.0 Å². The molecule has 0 aromatic carbocycles. The molecule has 218 valence electrons. The maximum Gasteiger partial charge on any atom is 0.178 e. The van der Waals surface area contributed by atoms with Gasteiger partial charge < -0.3 is 5.11 Å². The van der Waals surface area contributed by atoms with Crippen molar-refractivity contribution in [3.8, 4) is 6.07 Å². The number of aliphatic hydroxyl groups excluding tert-OH is 1. The highest BCUT2D eigenvalue weighted by atomic mass is 16.3. The van der Waals surface area contributed by atoms with Crippen LogP contribution in [0.25, 0.3) is 0 Å². The number of Topliss-reactive ketones (excluding diaryl/α,β-unsaturated/α-hetero) is 1. The molecule has 3 aliphatic carbocycles. The van der Waals surface area contributed by atoms with Crippen molar-refractivity contribution in [1.29, 1.82) is 5.26 Å². The fraction of sp³-hybridized carbons (Fsp3) is 0.800. The smallest absolute Gasteiger partial charge is 0.178 e. The SMILES string of the molecule is CC(=O)/C=C1/[C@@]2(C)C=C(C#N)C(=O)C(C)(C)[C@@H]2CC[C@@]1(C)C(C)(C)CC[C@@]1(CCCO)CCC(C)(C)CC1C. The fourth-order valence-corrected chi connectivity index (χ4v) is 9.23. The Morgan fingerprint density at radius 3 is 2.31 bits per heavy atom. The summed E-state index contributed by atoms with van der Waals surface area (Å²) in [5.41, 5.74) is 0.370. The highest BCUT2D eigenvalue weighted by molar-refractivity contribution is 6.04. The molecular weight excluding hydrogens is 482 g/mol. The number of nitriles is 1. The van der Waals surface area contributed by atoms with Crippen LogP contribution in [-0.4, -0.2) is 23.3 Å². The van der Waals surface area contributed by atoms with Crippen molar-refractivity contribution in [3.05, 3.63) is 23.3 Å².